The summed E-state index contributed by atoms with van der Waals surface area (Å²) >= 11 is 14.5. The normalized spacial score (nSPS) is 11.5. The van der Waals surface area contributed by atoms with Crippen molar-refractivity contribution in [3.05, 3.63) is 104 Å². The summed E-state index contributed by atoms with van der Waals surface area (Å²) < 4.78 is 12.4. The molecule has 0 radical (unpaired) electrons. The molecule has 3 aromatic carbocycles. The quantitative estimate of drug-likeness (QED) is 0.0843. The Bertz CT molecular complexity index is 1890. The van der Waals surface area contributed by atoms with Crippen LogP contribution in [0.15, 0.2) is 77.6 Å². The second-order valence-corrected chi connectivity index (χ2v) is 11.8. The second kappa shape index (κ2) is 16.3. The summed E-state index contributed by atoms with van der Waals surface area (Å²) in [4.78, 5) is 50.5. The molecule has 1 atom stereocenters. The van der Waals surface area contributed by atoms with E-state index in [0.29, 0.717) is 70.6 Å². The van der Waals surface area contributed by atoms with E-state index in [4.69, 9.17) is 44.1 Å². The molecule has 0 saturated carbocycles. The molecule has 2 heterocycles. The van der Waals surface area contributed by atoms with Gasteiger partial charge in [0, 0.05) is 22.2 Å². The molecule has 5 rings (SSSR count). The monoisotopic (exact) mass is 729 g/mol. The predicted octanol–water partition coefficient (Wildman–Crippen LogP) is 5.26. The number of fused-ring (bicyclic) bond motifs is 2. The molecule has 240 valence electrons. The molecule has 11 nitrogen and oxygen atoms in total. The number of amides is 2. The van der Waals surface area contributed by atoms with Crippen LogP contribution in [0.25, 0.3) is 16.6 Å². The van der Waals surface area contributed by atoms with E-state index in [9.17, 15) is 19.2 Å². The van der Waals surface area contributed by atoms with Gasteiger partial charge in [-0.25, -0.2) is 9.50 Å². The van der Waals surface area contributed by atoms with Crippen LogP contribution in [0.3, 0.4) is 0 Å². The van der Waals surface area contributed by atoms with Gasteiger partial charge in [-0.1, -0.05) is 51.3 Å². The maximum Gasteiger partial charge on any atom is 0.280 e. The smallest absolute Gasteiger partial charge is 0.280 e. The number of para-hydroxylation sites is 1. The third-order valence-electron chi connectivity index (χ3n) is 6.63. The average molecular weight is 731 g/mol. The van der Waals surface area contributed by atoms with Crippen molar-refractivity contribution < 1.29 is 23.9 Å². The van der Waals surface area contributed by atoms with Crippen molar-refractivity contribution in [2.24, 2.45) is 11.5 Å². The number of aromatic amines is 1. The van der Waals surface area contributed by atoms with Gasteiger partial charge in [-0.2, -0.15) is 0 Å². The van der Waals surface area contributed by atoms with Crippen LogP contribution in [-0.4, -0.2) is 50.2 Å². The van der Waals surface area contributed by atoms with E-state index in [1.54, 1.807) is 72.8 Å². The number of nitrogens with zero attached hydrogens (tertiary/aromatic N) is 2. The van der Waals surface area contributed by atoms with Crippen molar-refractivity contribution in [1.82, 2.24) is 14.6 Å². The highest BCUT2D eigenvalue weighted by Crippen LogP contribution is 2.19. The van der Waals surface area contributed by atoms with Crippen LogP contribution in [0.1, 0.15) is 35.3 Å². The Labute approximate surface area is 281 Å². The number of alkyl halides is 1. The number of carbonyl (C=O) groups is 3. The number of ether oxygens (including phenoxy) is 2. The summed E-state index contributed by atoms with van der Waals surface area (Å²) in [7, 11) is 0. The lowest BCUT2D eigenvalue weighted by Gasteiger charge is -2.07. The maximum absolute atomic E-state index is 12.7. The largest absolute Gasteiger partial charge is 0.494 e. The number of benzene rings is 3. The summed E-state index contributed by atoms with van der Waals surface area (Å²) in [5.41, 5.74) is 11.8. The van der Waals surface area contributed by atoms with Crippen LogP contribution >= 0.6 is 39.1 Å². The number of rotatable bonds is 13. The minimum Gasteiger partial charge on any atom is -0.494 e. The van der Waals surface area contributed by atoms with Gasteiger partial charge in [-0.05, 0) is 79.9 Å². The number of ketones is 1. The molecule has 0 aliphatic heterocycles. The Morgan fingerprint density at radius 3 is 2.00 bits per heavy atom. The van der Waals surface area contributed by atoms with Crippen molar-refractivity contribution in [2.75, 3.05) is 13.2 Å². The third-order valence-corrected chi connectivity index (χ3v) is 8.10. The Morgan fingerprint density at radius 2 is 1.43 bits per heavy atom. The van der Waals surface area contributed by atoms with E-state index in [1.807, 2.05) is 0 Å². The number of nitrogens with two attached hydrogens (primary N) is 2. The summed E-state index contributed by atoms with van der Waals surface area (Å²) in [6.07, 6.45) is 1.86. The molecule has 46 heavy (non-hydrogen) atoms. The average Bonchev–Trinajstić information content (AvgIpc) is 3.41. The minimum absolute atomic E-state index is 0.231. The fourth-order valence-electron chi connectivity index (χ4n) is 4.39. The number of hydrogen-bond acceptors (Lipinski definition) is 7. The number of hydrogen-bond donors (Lipinski definition) is 3. The van der Waals surface area contributed by atoms with E-state index in [-0.39, 0.29) is 29.0 Å². The van der Waals surface area contributed by atoms with Gasteiger partial charge in [-0.15, -0.1) is 0 Å². The summed E-state index contributed by atoms with van der Waals surface area (Å²) in [5.74, 6) is -0.132. The van der Waals surface area contributed by atoms with Crippen LogP contribution in [0, 0.1) is 0 Å². The minimum atomic E-state index is -0.909. The number of aryl methyl sites for hydroxylation is 1. The molecule has 5 aromatic rings. The van der Waals surface area contributed by atoms with Crippen LogP contribution in [-0.2, 0) is 16.0 Å². The Morgan fingerprint density at radius 1 is 0.870 bits per heavy atom. The third kappa shape index (κ3) is 9.09. The van der Waals surface area contributed by atoms with Crippen LogP contribution < -0.4 is 26.5 Å². The topological polar surface area (TPSA) is 172 Å². The SMILES string of the molecule is NC(=O)C(Br)C(=O)CCCOc1ccc(Cl)cc1.NC(=O)c1c(CCCOc2ccc(Cl)cc2)[nH]n2c(=O)c3ccccc3nc12. The first kappa shape index (κ1) is 34.5. The van der Waals surface area contributed by atoms with Gasteiger partial charge in [0.25, 0.3) is 11.5 Å². The lowest BCUT2D eigenvalue weighted by Crippen LogP contribution is -2.30. The molecule has 0 fully saturated rings. The van der Waals surface area contributed by atoms with Crippen molar-refractivity contribution in [1.29, 1.82) is 0 Å². The van der Waals surface area contributed by atoms with Gasteiger partial charge < -0.3 is 20.9 Å². The van der Waals surface area contributed by atoms with Crippen molar-refractivity contribution in [2.45, 2.75) is 30.5 Å². The molecule has 2 aromatic heterocycles. The van der Waals surface area contributed by atoms with Gasteiger partial charge >= 0.3 is 0 Å². The van der Waals surface area contributed by atoms with Crippen molar-refractivity contribution in [3.63, 3.8) is 0 Å². The highest BCUT2D eigenvalue weighted by Gasteiger charge is 2.21. The van der Waals surface area contributed by atoms with Gasteiger partial charge in [-0.3, -0.25) is 24.3 Å². The Hall–Kier alpha value is -4.39. The molecule has 0 saturated heterocycles. The van der Waals surface area contributed by atoms with Crippen LogP contribution in [0.4, 0.5) is 0 Å². The zero-order valence-corrected chi connectivity index (χ0v) is 27.5. The molecule has 0 aliphatic carbocycles. The number of primary amides is 2. The zero-order chi connectivity index (χ0) is 33.2. The lowest BCUT2D eigenvalue weighted by atomic mass is 10.1. The first-order valence-corrected chi connectivity index (χ1v) is 15.8. The molecule has 14 heteroatoms. The molecule has 2 amide bonds. The molecule has 0 spiro atoms. The number of Topliss-reactive ketones (excluding diaryl/α,β-unsaturated/α-hetero) is 1. The summed E-state index contributed by atoms with van der Waals surface area (Å²) in [5, 5.41) is 4.73. The van der Waals surface area contributed by atoms with Crippen molar-refractivity contribution in [3.8, 4) is 11.5 Å². The molecular weight excluding hydrogens is 701 g/mol. The maximum atomic E-state index is 12.7. The molecule has 0 bridgehead atoms. The van der Waals surface area contributed by atoms with Crippen LogP contribution in [0.5, 0.6) is 11.5 Å². The fraction of sp³-hybridized carbons (Fsp3) is 0.219. The molecule has 0 aliphatic rings. The fourth-order valence-corrected chi connectivity index (χ4v) is 4.87. The summed E-state index contributed by atoms with van der Waals surface area (Å²) in [6, 6.07) is 21.0. The highest BCUT2D eigenvalue weighted by atomic mass is 79.9. The first-order valence-electron chi connectivity index (χ1n) is 14.1. The number of H-pyrrole nitrogens is 1. The second-order valence-electron chi connectivity index (χ2n) is 9.97. The standard InChI is InChI=1S/C20H17ClN4O3.C12H13BrClNO3/c21-12-7-9-13(10-8-12)28-11-3-6-16-17(18(22)26)19-23-15-5-2-1-4-14(15)20(27)25(19)24-16;13-11(12(15)17)10(16)2-1-7-18-9-5-3-8(14)4-6-9/h1-2,4-5,7-10,24H,3,6,11H2,(H2,22,26);3-6,11H,1-2,7H2,(H2,15,17). The molecule has 1 unspecified atom stereocenters. The highest BCUT2D eigenvalue weighted by molar-refractivity contribution is 9.10. The van der Waals surface area contributed by atoms with E-state index < -0.39 is 16.6 Å². The number of aromatic nitrogens is 3. The first-order chi connectivity index (χ1) is 22.0. The van der Waals surface area contributed by atoms with E-state index >= 15 is 0 Å². The van der Waals surface area contributed by atoms with Gasteiger partial charge in [0.15, 0.2) is 16.3 Å². The number of halogens is 3. The summed E-state index contributed by atoms with van der Waals surface area (Å²) in [6.45, 7) is 0.825. The lowest BCUT2D eigenvalue weighted by molar-refractivity contribution is -0.125. The van der Waals surface area contributed by atoms with Gasteiger partial charge in [0.2, 0.25) is 5.91 Å². The van der Waals surface area contributed by atoms with Crippen LogP contribution in [0.2, 0.25) is 10.0 Å². The Balaban J connectivity index is 0.000000232. The van der Waals surface area contributed by atoms with E-state index in [2.05, 4.69) is 26.0 Å². The molecule has 5 N–H and O–H groups in total. The van der Waals surface area contributed by atoms with Gasteiger partial charge in [0.05, 0.1) is 24.1 Å². The van der Waals surface area contributed by atoms with E-state index in [0.717, 1.165) is 0 Å². The molecular formula is C32H30BrCl2N5O6. The number of carbonyl (C=O) groups excluding carboxylic acids is 3. The zero-order valence-electron chi connectivity index (χ0n) is 24.4. The van der Waals surface area contributed by atoms with E-state index in [1.165, 1.54) is 4.52 Å². The number of nitrogens with one attached hydrogen (secondary N) is 1. The predicted molar refractivity (Wildman–Crippen MR) is 180 cm³/mol. The van der Waals surface area contributed by atoms with Gasteiger partial charge in [0.1, 0.15) is 17.1 Å². The Kier molecular flexibility index (Phi) is 12.2. The van der Waals surface area contributed by atoms with Crippen molar-refractivity contribution >= 4 is 73.3 Å².